The molecule has 4 nitrogen and oxygen atoms in total. The molecule has 17 heavy (non-hydrogen) atoms. The SMILES string of the molecule is CCCN(CC)CCCCC(C)(C)C(N)=NO. The molecule has 0 heterocycles. The molecule has 0 rings (SSSR count). The van der Waals surface area contributed by atoms with Gasteiger partial charge in [0.15, 0.2) is 0 Å². The van der Waals surface area contributed by atoms with Gasteiger partial charge in [-0.2, -0.15) is 0 Å². The first-order valence-electron chi connectivity index (χ1n) is 6.68. The standard InChI is InChI=1S/C13H29N3O/c1-5-10-16(6-2)11-8-7-9-13(3,4)12(14)15-17/h17H,5-11H2,1-4H3,(H2,14,15). The van der Waals surface area contributed by atoms with Crippen LogP contribution in [0.2, 0.25) is 0 Å². The second kappa shape index (κ2) is 8.34. The lowest BCUT2D eigenvalue weighted by Crippen LogP contribution is -2.32. The van der Waals surface area contributed by atoms with Gasteiger partial charge >= 0.3 is 0 Å². The summed E-state index contributed by atoms with van der Waals surface area (Å²) in [6, 6.07) is 0. The highest BCUT2D eigenvalue weighted by molar-refractivity contribution is 5.85. The second-order valence-electron chi connectivity index (χ2n) is 5.26. The lowest BCUT2D eigenvalue weighted by atomic mass is 9.86. The van der Waals surface area contributed by atoms with Crippen molar-refractivity contribution in [3.63, 3.8) is 0 Å². The maximum absolute atomic E-state index is 8.68. The van der Waals surface area contributed by atoms with Crippen LogP contribution < -0.4 is 5.73 Å². The van der Waals surface area contributed by atoms with Gasteiger partial charge in [-0.25, -0.2) is 0 Å². The summed E-state index contributed by atoms with van der Waals surface area (Å²) in [5, 5.41) is 11.8. The summed E-state index contributed by atoms with van der Waals surface area (Å²) in [6.45, 7) is 11.9. The number of oxime groups is 1. The van der Waals surface area contributed by atoms with E-state index >= 15 is 0 Å². The van der Waals surface area contributed by atoms with E-state index in [1.54, 1.807) is 0 Å². The zero-order chi connectivity index (χ0) is 13.3. The van der Waals surface area contributed by atoms with Crippen molar-refractivity contribution in [2.75, 3.05) is 19.6 Å². The topological polar surface area (TPSA) is 61.8 Å². The summed E-state index contributed by atoms with van der Waals surface area (Å²) >= 11 is 0. The molecule has 3 N–H and O–H groups in total. The lowest BCUT2D eigenvalue weighted by Gasteiger charge is -2.24. The van der Waals surface area contributed by atoms with Crippen LogP contribution in [0.5, 0.6) is 0 Å². The Labute approximate surface area is 106 Å². The number of rotatable bonds is 9. The Bertz CT molecular complexity index is 227. The molecule has 0 aromatic heterocycles. The first-order chi connectivity index (χ1) is 7.97. The molecule has 0 saturated carbocycles. The fourth-order valence-electron chi connectivity index (χ4n) is 1.91. The molecule has 0 bridgehead atoms. The van der Waals surface area contributed by atoms with E-state index in [-0.39, 0.29) is 5.41 Å². The number of nitrogens with zero attached hydrogens (tertiary/aromatic N) is 2. The fourth-order valence-corrected chi connectivity index (χ4v) is 1.91. The summed E-state index contributed by atoms with van der Waals surface area (Å²) in [5.41, 5.74) is 5.46. The molecule has 0 aliphatic carbocycles. The smallest absolute Gasteiger partial charge is 0.144 e. The van der Waals surface area contributed by atoms with Crippen molar-refractivity contribution in [2.45, 2.75) is 53.4 Å². The molecule has 0 aromatic carbocycles. The van der Waals surface area contributed by atoms with Gasteiger partial charge in [0.2, 0.25) is 0 Å². The van der Waals surface area contributed by atoms with Crippen molar-refractivity contribution < 1.29 is 5.21 Å². The predicted molar refractivity (Wildman–Crippen MR) is 73.4 cm³/mol. The normalized spacial score (nSPS) is 13.4. The molecule has 0 aromatic rings. The molecule has 0 unspecified atom stereocenters. The number of hydrogen-bond donors (Lipinski definition) is 2. The van der Waals surface area contributed by atoms with Crippen molar-refractivity contribution in [1.29, 1.82) is 0 Å². The van der Waals surface area contributed by atoms with E-state index in [1.807, 2.05) is 13.8 Å². The van der Waals surface area contributed by atoms with Gasteiger partial charge in [0.1, 0.15) is 5.84 Å². The van der Waals surface area contributed by atoms with Crippen LogP contribution in [-0.2, 0) is 0 Å². The molecule has 0 fully saturated rings. The van der Waals surface area contributed by atoms with Crippen LogP contribution >= 0.6 is 0 Å². The van der Waals surface area contributed by atoms with Gasteiger partial charge in [-0.1, -0.05) is 39.3 Å². The van der Waals surface area contributed by atoms with Gasteiger partial charge in [-0.15, -0.1) is 0 Å². The largest absolute Gasteiger partial charge is 0.409 e. The van der Waals surface area contributed by atoms with Gasteiger partial charge in [-0.3, -0.25) is 0 Å². The highest BCUT2D eigenvalue weighted by Crippen LogP contribution is 2.23. The van der Waals surface area contributed by atoms with E-state index in [1.165, 1.54) is 19.4 Å². The molecule has 0 amide bonds. The Morgan fingerprint density at radius 3 is 2.35 bits per heavy atom. The molecular formula is C13H29N3O. The van der Waals surface area contributed by atoms with Gasteiger partial charge in [0.25, 0.3) is 0 Å². The van der Waals surface area contributed by atoms with Crippen LogP contribution in [0.1, 0.15) is 53.4 Å². The molecule has 0 aliphatic rings. The average molecular weight is 243 g/mol. The Morgan fingerprint density at radius 1 is 1.24 bits per heavy atom. The molecule has 102 valence electrons. The zero-order valence-corrected chi connectivity index (χ0v) is 11.9. The quantitative estimate of drug-likeness (QED) is 0.215. The fraction of sp³-hybridized carbons (Fsp3) is 0.923. The number of hydrogen-bond acceptors (Lipinski definition) is 3. The van der Waals surface area contributed by atoms with Crippen molar-refractivity contribution in [1.82, 2.24) is 4.90 Å². The Kier molecular flexibility index (Phi) is 7.96. The van der Waals surface area contributed by atoms with Crippen LogP contribution in [0, 0.1) is 5.41 Å². The summed E-state index contributed by atoms with van der Waals surface area (Å²) in [5.74, 6) is 0.332. The lowest BCUT2D eigenvalue weighted by molar-refractivity contribution is 0.273. The molecule has 4 heteroatoms. The third kappa shape index (κ3) is 6.51. The average Bonchev–Trinajstić information content (AvgIpc) is 2.31. The molecule has 0 spiro atoms. The van der Waals surface area contributed by atoms with Crippen LogP contribution in [0.4, 0.5) is 0 Å². The number of nitrogens with two attached hydrogens (primary N) is 1. The first kappa shape index (κ1) is 16.2. The molecular weight excluding hydrogens is 214 g/mol. The summed E-state index contributed by atoms with van der Waals surface area (Å²) in [4.78, 5) is 2.47. The van der Waals surface area contributed by atoms with Crippen molar-refractivity contribution >= 4 is 5.84 Å². The molecule has 0 radical (unpaired) electrons. The van der Waals surface area contributed by atoms with Gasteiger partial charge in [0.05, 0.1) is 0 Å². The highest BCUT2D eigenvalue weighted by atomic mass is 16.4. The van der Waals surface area contributed by atoms with E-state index < -0.39 is 0 Å². The van der Waals surface area contributed by atoms with E-state index in [9.17, 15) is 0 Å². The maximum Gasteiger partial charge on any atom is 0.144 e. The number of unbranched alkanes of at least 4 members (excludes halogenated alkanes) is 1. The third-order valence-corrected chi connectivity index (χ3v) is 3.31. The molecule has 0 atom stereocenters. The van der Waals surface area contributed by atoms with Gasteiger partial charge < -0.3 is 15.8 Å². The Balaban J connectivity index is 3.84. The second-order valence-corrected chi connectivity index (χ2v) is 5.26. The third-order valence-electron chi connectivity index (χ3n) is 3.31. The Hall–Kier alpha value is -0.770. The first-order valence-corrected chi connectivity index (χ1v) is 6.68. The van der Waals surface area contributed by atoms with Crippen LogP contribution in [0.25, 0.3) is 0 Å². The Morgan fingerprint density at radius 2 is 1.88 bits per heavy atom. The van der Waals surface area contributed by atoms with Gasteiger partial charge in [-0.05, 0) is 38.9 Å². The van der Waals surface area contributed by atoms with Crippen LogP contribution in [0.3, 0.4) is 0 Å². The minimum atomic E-state index is -0.198. The predicted octanol–water partition coefficient (Wildman–Crippen LogP) is 2.66. The van der Waals surface area contributed by atoms with E-state index in [2.05, 4.69) is 23.9 Å². The maximum atomic E-state index is 8.68. The van der Waals surface area contributed by atoms with Crippen molar-refractivity contribution in [3.05, 3.63) is 0 Å². The highest BCUT2D eigenvalue weighted by Gasteiger charge is 2.22. The molecule has 0 aliphatic heterocycles. The zero-order valence-electron chi connectivity index (χ0n) is 11.9. The monoisotopic (exact) mass is 243 g/mol. The minimum Gasteiger partial charge on any atom is -0.409 e. The van der Waals surface area contributed by atoms with Crippen LogP contribution in [0.15, 0.2) is 5.16 Å². The van der Waals surface area contributed by atoms with Crippen LogP contribution in [-0.4, -0.2) is 35.6 Å². The number of amidine groups is 1. The summed E-state index contributed by atoms with van der Waals surface area (Å²) in [6.07, 6.45) is 4.47. The minimum absolute atomic E-state index is 0.198. The summed E-state index contributed by atoms with van der Waals surface area (Å²) < 4.78 is 0. The summed E-state index contributed by atoms with van der Waals surface area (Å²) in [7, 11) is 0. The van der Waals surface area contributed by atoms with E-state index in [0.29, 0.717) is 5.84 Å². The van der Waals surface area contributed by atoms with Gasteiger partial charge in [0, 0.05) is 5.41 Å². The van der Waals surface area contributed by atoms with E-state index in [4.69, 9.17) is 10.9 Å². The van der Waals surface area contributed by atoms with Crippen molar-refractivity contribution in [2.24, 2.45) is 16.3 Å². The van der Waals surface area contributed by atoms with E-state index in [0.717, 1.165) is 25.9 Å². The van der Waals surface area contributed by atoms with Crippen molar-refractivity contribution in [3.8, 4) is 0 Å². The molecule has 0 saturated heterocycles.